The largest absolute Gasteiger partial charge is 0.467 e. The van der Waals surface area contributed by atoms with Crippen molar-refractivity contribution in [1.29, 1.82) is 0 Å². The molecule has 8 nitrogen and oxygen atoms in total. The number of hydrogen-bond donors (Lipinski definition) is 2. The molecule has 3 N–H and O–H groups in total. The van der Waals surface area contributed by atoms with E-state index < -0.39 is 0 Å². The fraction of sp³-hybridized carbons (Fsp3) is 0.667. The summed E-state index contributed by atoms with van der Waals surface area (Å²) in [5.74, 6) is 6.00. The molecule has 1 aromatic rings. The zero-order chi connectivity index (χ0) is 12.7. The second-order valence-corrected chi connectivity index (χ2v) is 3.21. The third kappa shape index (κ3) is 4.00. The third-order valence-electron chi connectivity index (χ3n) is 2.03. The van der Waals surface area contributed by atoms with Gasteiger partial charge in [0.25, 0.3) is 0 Å². The smallest absolute Gasteiger partial charge is 0.322 e. The van der Waals surface area contributed by atoms with Crippen molar-refractivity contribution in [2.75, 3.05) is 44.2 Å². The van der Waals surface area contributed by atoms with Crippen LogP contribution in [0, 0.1) is 0 Å². The summed E-state index contributed by atoms with van der Waals surface area (Å²) >= 11 is 0. The molecule has 0 spiro atoms. The summed E-state index contributed by atoms with van der Waals surface area (Å²) in [5.41, 5.74) is 2.36. The lowest BCUT2D eigenvalue weighted by atomic mass is 10.6. The lowest BCUT2D eigenvalue weighted by Gasteiger charge is -2.17. The minimum Gasteiger partial charge on any atom is -0.467 e. The zero-order valence-corrected chi connectivity index (χ0v) is 10.3. The fourth-order valence-corrected chi connectivity index (χ4v) is 1.12. The van der Waals surface area contributed by atoms with Gasteiger partial charge in [-0.25, -0.2) is 5.84 Å². The Bertz CT molecular complexity index is 326. The summed E-state index contributed by atoms with van der Waals surface area (Å²) < 4.78 is 10.2. The van der Waals surface area contributed by atoms with Crippen LogP contribution in [0.2, 0.25) is 0 Å². The molecule has 0 bridgehead atoms. The van der Waals surface area contributed by atoms with E-state index >= 15 is 0 Å². The first kappa shape index (κ1) is 13.4. The maximum atomic E-state index is 5.26. The van der Waals surface area contributed by atoms with E-state index in [1.54, 1.807) is 0 Å². The molecule has 0 saturated heterocycles. The number of nitrogens with zero attached hydrogens (tertiary/aromatic N) is 4. The van der Waals surface area contributed by atoms with Crippen molar-refractivity contribution in [3.8, 4) is 6.01 Å². The Morgan fingerprint density at radius 3 is 2.71 bits per heavy atom. The van der Waals surface area contributed by atoms with E-state index in [-0.39, 0.29) is 12.0 Å². The topological polar surface area (TPSA) is 98.4 Å². The number of nitrogens with two attached hydrogens (primary N) is 1. The molecule has 0 fully saturated rings. The maximum absolute atomic E-state index is 5.26. The predicted molar refractivity (Wildman–Crippen MR) is 64.0 cm³/mol. The molecule has 0 aliphatic heterocycles. The average Bonchev–Trinajstić information content (AvgIpc) is 2.38. The summed E-state index contributed by atoms with van der Waals surface area (Å²) in [5, 5.41) is 0. The number of hydrazine groups is 1. The van der Waals surface area contributed by atoms with Gasteiger partial charge >= 0.3 is 6.01 Å². The predicted octanol–water partition coefficient (Wildman–Crippen LogP) is -0.361. The van der Waals surface area contributed by atoms with E-state index in [0.29, 0.717) is 25.7 Å². The highest BCUT2D eigenvalue weighted by Gasteiger charge is 2.09. The van der Waals surface area contributed by atoms with Crippen LogP contribution >= 0.6 is 0 Å². The molecule has 0 aliphatic carbocycles. The van der Waals surface area contributed by atoms with Crippen LogP contribution in [-0.2, 0) is 4.74 Å². The van der Waals surface area contributed by atoms with E-state index in [4.69, 9.17) is 15.3 Å². The van der Waals surface area contributed by atoms with Gasteiger partial charge in [0.05, 0.1) is 13.7 Å². The molecule has 17 heavy (non-hydrogen) atoms. The van der Waals surface area contributed by atoms with Gasteiger partial charge in [-0.3, -0.25) is 5.43 Å². The molecule has 0 unspecified atom stereocenters. The second kappa shape index (κ2) is 6.81. The van der Waals surface area contributed by atoms with E-state index in [2.05, 4.69) is 20.4 Å². The van der Waals surface area contributed by atoms with Crippen molar-refractivity contribution >= 4 is 11.9 Å². The molecular weight excluding hydrogens is 224 g/mol. The Kier molecular flexibility index (Phi) is 5.37. The Hall–Kier alpha value is -1.67. The quantitative estimate of drug-likeness (QED) is 0.380. The monoisotopic (exact) mass is 242 g/mol. The first-order chi connectivity index (χ1) is 8.21. The minimum absolute atomic E-state index is 0.214. The number of anilines is 2. The van der Waals surface area contributed by atoms with Crippen LogP contribution < -0.4 is 20.9 Å². The summed E-state index contributed by atoms with van der Waals surface area (Å²) in [4.78, 5) is 14.0. The molecule has 0 radical (unpaired) electrons. The van der Waals surface area contributed by atoms with Crippen LogP contribution in [0.5, 0.6) is 6.01 Å². The maximum Gasteiger partial charge on any atom is 0.322 e. The number of aromatic nitrogens is 3. The first-order valence-electron chi connectivity index (χ1n) is 5.26. The van der Waals surface area contributed by atoms with Crippen LogP contribution in [0.3, 0.4) is 0 Å². The molecular formula is C9H18N6O2. The number of rotatable bonds is 7. The Balaban J connectivity index is 2.73. The Labute approximate surface area is 100 Å². The molecule has 8 heteroatoms. The highest BCUT2D eigenvalue weighted by Crippen LogP contribution is 2.12. The van der Waals surface area contributed by atoms with Gasteiger partial charge in [-0.2, -0.15) is 15.0 Å². The van der Waals surface area contributed by atoms with E-state index in [1.165, 1.54) is 7.11 Å². The van der Waals surface area contributed by atoms with Gasteiger partial charge in [-0.1, -0.05) is 0 Å². The molecule has 1 aromatic heterocycles. The number of methoxy groups -OCH3 is 1. The highest BCUT2D eigenvalue weighted by atomic mass is 16.5. The molecule has 0 aliphatic rings. The van der Waals surface area contributed by atoms with Crippen LogP contribution in [0.1, 0.15) is 6.92 Å². The normalized spacial score (nSPS) is 10.1. The fourth-order valence-electron chi connectivity index (χ4n) is 1.12. The molecule has 0 amide bonds. The van der Waals surface area contributed by atoms with Crippen molar-refractivity contribution < 1.29 is 9.47 Å². The molecule has 0 atom stereocenters. The van der Waals surface area contributed by atoms with Crippen molar-refractivity contribution in [2.45, 2.75) is 6.92 Å². The number of nitrogen functional groups attached to an aromatic ring is 1. The van der Waals surface area contributed by atoms with Gasteiger partial charge in [0.15, 0.2) is 0 Å². The van der Waals surface area contributed by atoms with E-state index in [9.17, 15) is 0 Å². The molecule has 0 saturated carbocycles. The number of nitrogens with one attached hydrogen (secondary N) is 1. The molecule has 0 aromatic carbocycles. The van der Waals surface area contributed by atoms with Crippen LogP contribution in [0.25, 0.3) is 0 Å². The van der Waals surface area contributed by atoms with Crippen LogP contribution in [0.4, 0.5) is 11.9 Å². The van der Waals surface area contributed by atoms with Gasteiger partial charge in [0, 0.05) is 20.2 Å². The minimum atomic E-state index is 0.214. The third-order valence-corrected chi connectivity index (χ3v) is 2.03. The molecule has 1 rings (SSSR count). The zero-order valence-electron chi connectivity index (χ0n) is 10.3. The van der Waals surface area contributed by atoms with Gasteiger partial charge in [0.1, 0.15) is 0 Å². The van der Waals surface area contributed by atoms with E-state index in [1.807, 2.05) is 18.9 Å². The van der Waals surface area contributed by atoms with Crippen LogP contribution in [-0.4, -0.2) is 48.9 Å². The van der Waals surface area contributed by atoms with Gasteiger partial charge in [-0.15, -0.1) is 0 Å². The standard InChI is InChI=1S/C9H18N6O2/c1-4-17-6-5-15(2)8-11-7(14-10)12-9(13-8)16-3/h4-6,10H2,1-3H3,(H,11,12,13,14). The van der Waals surface area contributed by atoms with Gasteiger partial charge in [-0.05, 0) is 6.92 Å². The number of hydrogen-bond acceptors (Lipinski definition) is 8. The number of ether oxygens (including phenoxy) is 2. The van der Waals surface area contributed by atoms with Crippen molar-refractivity contribution in [2.24, 2.45) is 5.84 Å². The summed E-state index contributed by atoms with van der Waals surface area (Å²) in [7, 11) is 3.34. The van der Waals surface area contributed by atoms with E-state index in [0.717, 1.165) is 0 Å². The Morgan fingerprint density at radius 2 is 2.12 bits per heavy atom. The highest BCUT2D eigenvalue weighted by molar-refractivity contribution is 5.36. The van der Waals surface area contributed by atoms with Gasteiger partial charge < -0.3 is 14.4 Å². The summed E-state index contributed by atoms with van der Waals surface area (Å²) in [6.45, 7) is 3.91. The van der Waals surface area contributed by atoms with Crippen LogP contribution in [0.15, 0.2) is 0 Å². The molecule has 1 heterocycles. The lowest BCUT2D eigenvalue weighted by Crippen LogP contribution is -2.25. The number of likely N-dealkylation sites (N-methyl/N-ethyl adjacent to an activating group) is 1. The first-order valence-corrected chi connectivity index (χ1v) is 5.26. The van der Waals surface area contributed by atoms with Crippen molar-refractivity contribution in [3.63, 3.8) is 0 Å². The summed E-state index contributed by atoms with van der Waals surface area (Å²) in [6.07, 6.45) is 0. The van der Waals surface area contributed by atoms with Crippen molar-refractivity contribution in [3.05, 3.63) is 0 Å². The van der Waals surface area contributed by atoms with Crippen molar-refractivity contribution in [1.82, 2.24) is 15.0 Å². The van der Waals surface area contributed by atoms with Gasteiger partial charge in [0.2, 0.25) is 11.9 Å². The Morgan fingerprint density at radius 1 is 1.35 bits per heavy atom. The SMILES string of the molecule is CCOCCN(C)c1nc(NN)nc(OC)n1. The average molecular weight is 242 g/mol. The second-order valence-electron chi connectivity index (χ2n) is 3.21. The molecule has 96 valence electrons. The summed E-state index contributed by atoms with van der Waals surface area (Å²) in [6, 6.07) is 0.214. The lowest BCUT2D eigenvalue weighted by molar-refractivity contribution is 0.154.